The number of amides is 1. The van der Waals surface area contributed by atoms with Crippen molar-refractivity contribution in [3.05, 3.63) is 34.3 Å². The first-order chi connectivity index (χ1) is 12.5. The van der Waals surface area contributed by atoms with E-state index in [0.29, 0.717) is 12.5 Å². The molecule has 0 spiro atoms. The number of aliphatic imine (C=N–C) groups is 1. The van der Waals surface area contributed by atoms with Crippen LogP contribution in [0.2, 0.25) is 0 Å². The lowest BCUT2D eigenvalue weighted by Crippen LogP contribution is -2.44. The number of nitrogens with one attached hydrogen (secondary N) is 2. The third kappa shape index (κ3) is 8.35. The van der Waals surface area contributed by atoms with Gasteiger partial charge in [-0.15, -0.1) is 24.0 Å². The van der Waals surface area contributed by atoms with E-state index in [0.717, 1.165) is 29.5 Å². The number of guanidine groups is 1. The lowest BCUT2D eigenvalue weighted by Gasteiger charge is -2.25. The van der Waals surface area contributed by atoms with Crippen LogP contribution < -0.4 is 10.6 Å². The Balaban J connectivity index is 0.00000364. The Hall–Kier alpha value is -0.870. The summed E-state index contributed by atoms with van der Waals surface area (Å²) < 4.78 is 6.81. The highest BCUT2D eigenvalue weighted by molar-refractivity contribution is 14.0. The quantitative estimate of drug-likeness (QED) is 0.323. The Morgan fingerprint density at radius 3 is 2.74 bits per heavy atom. The van der Waals surface area contributed by atoms with Gasteiger partial charge in [0.15, 0.2) is 5.96 Å². The van der Waals surface area contributed by atoms with Crippen molar-refractivity contribution in [2.45, 2.75) is 38.3 Å². The predicted molar refractivity (Wildman–Crippen MR) is 124 cm³/mol. The molecule has 2 atom stereocenters. The predicted octanol–water partition coefficient (Wildman–Crippen LogP) is 3.32. The lowest BCUT2D eigenvalue weighted by molar-refractivity contribution is -0.127. The van der Waals surface area contributed by atoms with Crippen molar-refractivity contribution < 1.29 is 9.53 Å². The molecule has 2 rings (SSSR count). The molecule has 1 amide bonds. The summed E-state index contributed by atoms with van der Waals surface area (Å²) in [6.45, 7) is 3.68. The van der Waals surface area contributed by atoms with E-state index >= 15 is 0 Å². The minimum atomic E-state index is -0.0337. The van der Waals surface area contributed by atoms with Gasteiger partial charge in [-0.05, 0) is 37.8 Å². The minimum absolute atomic E-state index is 0. The number of hydrogen-bond donors (Lipinski definition) is 2. The van der Waals surface area contributed by atoms with Gasteiger partial charge in [-0.25, -0.2) is 4.99 Å². The molecule has 1 aromatic carbocycles. The van der Waals surface area contributed by atoms with Gasteiger partial charge in [0, 0.05) is 31.7 Å². The second-order valence-corrected chi connectivity index (χ2v) is 7.56. The topological polar surface area (TPSA) is 66.0 Å². The van der Waals surface area contributed by atoms with E-state index < -0.39 is 0 Å². The lowest BCUT2D eigenvalue weighted by atomic mass is 10.1. The molecule has 2 unspecified atom stereocenters. The number of nitrogens with zero attached hydrogens (tertiary/aromatic N) is 2. The zero-order chi connectivity index (χ0) is 18.9. The maximum atomic E-state index is 11.9. The van der Waals surface area contributed by atoms with Crippen molar-refractivity contribution in [2.24, 2.45) is 4.99 Å². The normalized spacial score (nSPS) is 18.2. The summed E-state index contributed by atoms with van der Waals surface area (Å²) >= 11 is 3.59. The number of ether oxygens (including phenoxy) is 1. The second-order valence-electron chi connectivity index (χ2n) is 6.71. The van der Waals surface area contributed by atoms with Crippen molar-refractivity contribution in [1.82, 2.24) is 15.5 Å². The van der Waals surface area contributed by atoms with Crippen LogP contribution in [-0.2, 0) is 9.53 Å². The first kappa shape index (κ1) is 24.2. The molecule has 1 aromatic rings. The fraction of sp³-hybridized carbons (Fsp3) is 0.579. The molecule has 1 saturated heterocycles. The van der Waals surface area contributed by atoms with Gasteiger partial charge in [-0.1, -0.05) is 34.1 Å². The molecule has 0 aromatic heterocycles. The van der Waals surface area contributed by atoms with Crippen molar-refractivity contribution in [3.63, 3.8) is 0 Å². The molecule has 2 N–H and O–H groups in total. The Labute approximate surface area is 187 Å². The Kier molecular flexibility index (Phi) is 11.2. The standard InChI is InChI=1S/C19H29BrN4O2.HI/c1-14(16-9-4-5-10-17(16)20)23-19(22-13-18(25)24(2)3)21-12-15-8-6-7-11-26-15;/h4-5,9-10,14-15H,6-8,11-13H2,1-3H3,(H2,21,22,23);1H. The molecule has 0 saturated carbocycles. The molecule has 1 aliphatic heterocycles. The molecular weight excluding hydrogens is 523 g/mol. The van der Waals surface area contributed by atoms with Crippen LogP contribution >= 0.6 is 39.9 Å². The molecule has 0 bridgehead atoms. The average Bonchev–Trinajstić information content (AvgIpc) is 2.64. The molecule has 1 heterocycles. The van der Waals surface area contributed by atoms with Gasteiger partial charge in [-0.3, -0.25) is 4.79 Å². The van der Waals surface area contributed by atoms with Crippen molar-refractivity contribution in [1.29, 1.82) is 0 Å². The highest BCUT2D eigenvalue weighted by Gasteiger charge is 2.16. The van der Waals surface area contributed by atoms with Gasteiger partial charge in [0.05, 0.1) is 12.1 Å². The summed E-state index contributed by atoms with van der Waals surface area (Å²) in [5, 5.41) is 6.72. The highest BCUT2D eigenvalue weighted by Crippen LogP contribution is 2.22. The number of halogens is 2. The Bertz CT molecular complexity index is 621. The SMILES string of the molecule is CC(NC(=NCC(=O)N(C)C)NCC1CCCCO1)c1ccccc1Br.I. The fourth-order valence-corrected chi connectivity index (χ4v) is 3.36. The number of hydrogen-bond acceptors (Lipinski definition) is 3. The van der Waals surface area contributed by atoms with Gasteiger partial charge in [0.2, 0.25) is 5.91 Å². The number of rotatable bonds is 6. The molecule has 27 heavy (non-hydrogen) atoms. The Morgan fingerprint density at radius 2 is 2.11 bits per heavy atom. The summed E-state index contributed by atoms with van der Waals surface area (Å²) in [5.74, 6) is 0.589. The third-order valence-corrected chi connectivity index (χ3v) is 5.09. The van der Waals surface area contributed by atoms with E-state index in [1.807, 2.05) is 18.2 Å². The van der Waals surface area contributed by atoms with E-state index in [9.17, 15) is 4.79 Å². The van der Waals surface area contributed by atoms with Crippen LogP contribution in [0.4, 0.5) is 0 Å². The largest absolute Gasteiger partial charge is 0.376 e. The molecular formula is C19H30BrIN4O2. The van der Waals surface area contributed by atoms with Gasteiger partial charge in [0.25, 0.3) is 0 Å². The van der Waals surface area contributed by atoms with Crippen LogP contribution in [0.15, 0.2) is 33.7 Å². The third-order valence-electron chi connectivity index (χ3n) is 4.37. The molecule has 152 valence electrons. The maximum absolute atomic E-state index is 11.9. The zero-order valence-electron chi connectivity index (χ0n) is 16.2. The van der Waals surface area contributed by atoms with E-state index in [2.05, 4.69) is 44.5 Å². The van der Waals surface area contributed by atoms with E-state index in [4.69, 9.17) is 4.74 Å². The van der Waals surface area contributed by atoms with Crippen LogP contribution in [0, 0.1) is 0 Å². The summed E-state index contributed by atoms with van der Waals surface area (Å²) in [6.07, 6.45) is 3.57. The Morgan fingerprint density at radius 1 is 1.37 bits per heavy atom. The highest BCUT2D eigenvalue weighted by atomic mass is 127. The van der Waals surface area contributed by atoms with Gasteiger partial charge >= 0.3 is 0 Å². The van der Waals surface area contributed by atoms with E-state index in [-0.39, 0.29) is 48.6 Å². The summed E-state index contributed by atoms with van der Waals surface area (Å²) in [6, 6.07) is 8.12. The van der Waals surface area contributed by atoms with Gasteiger partial charge in [0.1, 0.15) is 6.54 Å². The fourth-order valence-electron chi connectivity index (χ4n) is 2.73. The van der Waals surface area contributed by atoms with Crippen molar-refractivity contribution >= 4 is 51.8 Å². The van der Waals surface area contributed by atoms with Gasteiger partial charge in [-0.2, -0.15) is 0 Å². The average molecular weight is 553 g/mol. The van der Waals surface area contributed by atoms with Crippen molar-refractivity contribution in [2.75, 3.05) is 33.8 Å². The number of benzene rings is 1. The van der Waals surface area contributed by atoms with Crippen LogP contribution in [0.5, 0.6) is 0 Å². The van der Waals surface area contributed by atoms with Crippen molar-refractivity contribution in [3.8, 4) is 0 Å². The smallest absolute Gasteiger partial charge is 0.243 e. The number of likely N-dealkylation sites (N-methyl/N-ethyl adjacent to an activating group) is 1. The molecule has 1 fully saturated rings. The van der Waals surface area contributed by atoms with Crippen LogP contribution in [-0.4, -0.2) is 56.7 Å². The van der Waals surface area contributed by atoms with Crippen LogP contribution in [0.1, 0.15) is 37.8 Å². The molecule has 1 aliphatic rings. The van der Waals surface area contributed by atoms with E-state index in [1.165, 1.54) is 6.42 Å². The monoisotopic (exact) mass is 552 g/mol. The van der Waals surface area contributed by atoms with E-state index in [1.54, 1.807) is 19.0 Å². The molecule has 0 radical (unpaired) electrons. The molecule has 8 heteroatoms. The van der Waals surface area contributed by atoms with Gasteiger partial charge < -0.3 is 20.3 Å². The molecule has 0 aliphatic carbocycles. The summed E-state index contributed by atoms with van der Waals surface area (Å²) in [5.41, 5.74) is 1.13. The second kappa shape index (κ2) is 12.6. The summed E-state index contributed by atoms with van der Waals surface area (Å²) in [4.78, 5) is 17.9. The summed E-state index contributed by atoms with van der Waals surface area (Å²) in [7, 11) is 3.47. The first-order valence-electron chi connectivity index (χ1n) is 9.08. The number of carbonyl (C=O) groups excluding carboxylic acids is 1. The van der Waals surface area contributed by atoms with Crippen LogP contribution in [0.25, 0.3) is 0 Å². The number of carbonyl (C=O) groups is 1. The zero-order valence-corrected chi connectivity index (χ0v) is 20.1. The maximum Gasteiger partial charge on any atom is 0.243 e. The minimum Gasteiger partial charge on any atom is -0.376 e. The van der Waals surface area contributed by atoms with Crippen LogP contribution in [0.3, 0.4) is 0 Å². The molecule has 6 nitrogen and oxygen atoms in total. The first-order valence-corrected chi connectivity index (χ1v) is 9.87.